The molecule has 0 bridgehead atoms. The fourth-order valence-electron chi connectivity index (χ4n) is 1.65. The minimum Gasteiger partial charge on any atom is -0.481 e. The van der Waals surface area contributed by atoms with Gasteiger partial charge in [-0.05, 0) is 31.0 Å². The fourth-order valence-corrected chi connectivity index (χ4v) is 1.65. The summed E-state index contributed by atoms with van der Waals surface area (Å²) in [5, 5.41) is 0. The van der Waals surface area contributed by atoms with Gasteiger partial charge in [-0.1, -0.05) is 0 Å². The topological polar surface area (TPSA) is 74.4 Å². The molecule has 0 radical (unpaired) electrons. The number of pyridine rings is 1. The van der Waals surface area contributed by atoms with Gasteiger partial charge in [0.05, 0.1) is 14.2 Å². The highest BCUT2D eigenvalue weighted by atomic mass is 19.4. The van der Waals surface area contributed by atoms with Gasteiger partial charge in [0.1, 0.15) is 5.56 Å². The van der Waals surface area contributed by atoms with Crippen molar-refractivity contribution < 1.29 is 27.4 Å². The molecule has 0 saturated heterocycles. The van der Waals surface area contributed by atoms with E-state index in [9.17, 15) is 18.0 Å². The van der Waals surface area contributed by atoms with Crippen LogP contribution in [0.5, 0.6) is 5.88 Å². The zero-order chi connectivity index (χ0) is 15.3. The van der Waals surface area contributed by atoms with Gasteiger partial charge in [0.2, 0.25) is 5.88 Å². The lowest BCUT2D eigenvalue weighted by Crippen LogP contribution is -2.16. The molecule has 0 fully saturated rings. The molecule has 0 aliphatic heterocycles. The third kappa shape index (κ3) is 3.60. The molecule has 0 amide bonds. The van der Waals surface area contributed by atoms with Crippen molar-refractivity contribution in [2.75, 3.05) is 20.8 Å². The van der Waals surface area contributed by atoms with Crippen LogP contribution in [0.15, 0.2) is 6.07 Å². The number of esters is 1. The van der Waals surface area contributed by atoms with E-state index in [1.807, 2.05) is 0 Å². The van der Waals surface area contributed by atoms with Crippen molar-refractivity contribution in [3.8, 4) is 5.88 Å². The number of aromatic nitrogens is 1. The van der Waals surface area contributed by atoms with Crippen LogP contribution in [0.3, 0.4) is 0 Å². The Kier molecular flexibility index (Phi) is 5.32. The summed E-state index contributed by atoms with van der Waals surface area (Å²) in [4.78, 5) is 15.2. The van der Waals surface area contributed by atoms with E-state index in [1.54, 1.807) is 0 Å². The van der Waals surface area contributed by atoms with Crippen molar-refractivity contribution in [2.24, 2.45) is 5.73 Å². The lowest BCUT2D eigenvalue weighted by atomic mass is 10.0. The Bertz CT molecular complexity index is 490. The van der Waals surface area contributed by atoms with E-state index >= 15 is 0 Å². The van der Waals surface area contributed by atoms with Crippen LogP contribution in [0.2, 0.25) is 0 Å². The van der Waals surface area contributed by atoms with E-state index in [2.05, 4.69) is 14.5 Å². The van der Waals surface area contributed by atoms with Crippen molar-refractivity contribution in [3.63, 3.8) is 0 Å². The van der Waals surface area contributed by atoms with E-state index in [-0.39, 0.29) is 24.2 Å². The van der Waals surface area contributed by atoms with Crippen LogP contribution in [-0.2, 0) is 17.3 Å². The second-order valence-electron chi connectivity index (χ2n) is 3.93. The second-order valence-corrected chi connectivity index (χ2v) is 3.93. The average Bonchev–Trinajstić information content (AvgIpc) is 2.42. The van der Waals surface area contributed by atoms with E-state index < -0.39 is 23.6 Å². The smallest absolute Gasteiger partial charge is 0.421 e. The quantitative estimate of drug-likeness (QED) is 0.837. The first-order valence-electron chi connectivity index (χ1n) is 5.78. The molecule has 0 aromatic carbocycles. The largest absolute Gasteiger partial charge is 0.481 e. The first-order chi connectivity index (χ1) is 9.35. The SMILES string of the molecule is COC(=O)c1nc(OC)c(C(F)(F)F)cc1CCCN. The van der Waals surface area contributed by atoms with Crippen LogP contribution in [-0.4, -0.2) is 31.7 Å². The van der Waals surface area contributed by atoms with Crippen LogP contribution in [0, 0.1) is 0 Å². The minimum absolute atomic E-state index is 0.135. The molecule has 5 nitrogen and oxygen atoms in total. The maximum atomic E-state index is 12.9. The minimum atomic E-state index is -4.62. The lowest BCUT2D eigenvalue weighted by Gasteiger charge is -2.15. The molecule has 0 atom stereocenters. The highest BCUT2D eigenvalue weighted by Crippen LogP contribution is 2.36. The van der Waals surface area contributed by atoms with Crippen molar-refractivity contribution in [1.82, 2.24) is 4.98 Å². The summed E-state index contributed by atoms with van der Waals surface area (Å²) in [5.74, 6) is -1.47. The molecule has 0 aliphatic carbocycles. The number of carbonyl (C=O) groups is 1. The number of nitrogens with zero attached hydrogens (tertiary/aromatic N) is 1. The van der Waals surface area contributed by atoms with Crippen molar-refractivity contribution in [3.05, 3.63) is 22.9 Å². The number of rotatable bonds is 5. The zero-order valence-electron chi connectivity index (χ0n) is 11.1. The molecule has 0 saturated carbocycles. The number of hydrogen-bond acceptors (Lipinski definition) is 5. The van der Waals surface area contributed by atoms with Crippen molar-refractivity contribution in [1.29, 1.82) is 0 Å². The van der Waals surface area contributed by atoms with Gasteiger partial charge in [-0.15, -0.1) is 0 Å². The van der Waals surface area contributed by atoms with Gasteiger partial charge in [0.25, 0.3) is 0 Å². The molecule has 0 spiro atoms. The Morgan fingerprint density at radius 1 is 1.40 bits per heavy atom. The summed E-state index contributed by atoms with van der Waals surface area (Å²) in [6, 6.07) is 0.855. The van der Waals surface area contributed by atoms with E-state index in [0.29, 0.717) is 6.42 Å². The molecular weight excluding hydrogens is 277 g/mol. The molecule has 112 valence electrons. The van der Waals surface area contributed by atoms with Crippen LogP contribution < -0.4 is 10.5 Å². The normalized spacial score (nSPS) is 11.3. The molecule has 20 heavy (non-hydrogen) atoms. The van der Waals surface area contributed by atoms with E-state index in [4.69, 9.17) is 5.73 Å². The molecule has 1 heterocycles. The maximum absolute atomic E-state index is 12.9. The number of methoxy groups -OCH3 is 2. The van der Waals surface area contributed by atoms with E-state index in [0.717, 1.165) is 20.3 Å². The van der Waals surface area contributed by atoms with Crippen molar-refractivity contribution in [2.45, 2.75) is 19.0 Å². The monoisotopic (exact) mass is 292 g/mol. The maximum Gasteiger partial charge on any atom is 0.421 e. The van der Waals surface area contributed by atoms with Gasteiger partial charge in [0.15, 0.2) is 5.69 Å². The highest BCUT2D eigenvalue weighted by Gasteiger charge is 2.37. The van der Waals surface area contributed by atoms with Gasteiger partial charge in [-0.2, -0.15) is 13.2 Å². The summed E-state index contributed by atoms with van der Waals surface area (Å²) < 4.78 is 47.8. The number of nitrogens with two attached hydrogens (primary N) is 1. The van der Waals surface area contributed by atoms with Crippen LogP contribution in [0.4, 0.5) is 13.2 Å². The Morgan fingerprint density at radius 3 is 2.50 bits per heavy atom. The van der Waals surface area contributed by atoms with Crippen molar-refractivity contribution >= 4 is 5.97 Å². The molecule has 1 aromatic rings. The summed E-state index contributed by atoms with van der Waals surface area (Å²) in [5.41, 5.74) is 4.25. The van der Waals surface area contributed by atoms with Crippen LogP contribution in [0.1, 0.15) is 28.0 Å². The van der Waals surface area contributed by atoms with Gasteiger partial charge in [-0.3, -0.25) is 0 Å². The van der Waals surface area contributed by atoms with Gasteiger partial charge in [0, 0.05) is 0 Å². The number of alkyl halides is 3. The van der Waals surface area contributed by atoms with Crippen LogP contribution >= 0.6 is 0 Å². The Hall–Kier alpha value is -1.83. The van der Waals surface area contributed by atoms with Gasteiger partial charge < -0.3 is 15.2 Å². The Balaban J connectivity index is 3.40. The number of aryl methyl sites for hydroxylation is 1. The summed E-state index contributed by atoms with van der Waals surface area (Å²) in [6.45, 7) is 0.286. The third-order valence-electron chi connectivity index (χ3n) is 2.59. The standard InChI is InChI=1S/C12H15F3N2O3/c1-19-10-8(12(13,14)15)6-7(4-3-5-16)9(17-10)11(18)20-2/h6H,3-5,16H2,1-2H3. The zero-order valence-corrected chi connectivity index (χ0v) is 11.1. The number of carbonyl (C=O) groups excluding carboxylic acids is 1. The number of hydrogen-bond donors (Lipinski definition) is 1. The summed E-state index contributed by atoms with van der Waals surface area (Å²) in [7, 11) is 2.18. The predicted octanol–water partition coefficient (Wildman–Crippen LogP) is 1.79. The third-order valence-corrected chi connectivity index (χ3v) is 2.59. The number of halogens is 3. The lowest BCUT2D eigenvalue weighted by molar-refractivity contribution is -0.139. The molecule has 1 aromatic heterocycles. The van der Waals surface area contributed by atoms with E-state index in [1.165, 1.54) is 0 Å². The molecule has 1 rings (SSSR count). The molecule has 2 N–H and O–H groups in total. The molecule has 0 aliphatic rings. The summed E-state index contributed by atoms with van der Waals surface area (Å²) >= 11 is 0. The second kappa shape index (κ2) is 6.56. The van der Waals surface area contributed by atoms with Gasteiger partial charge in [-0.25, -0.2) is 9.78 Å². The Labute approximate surface area is 113 Å². The first kappa shape index (κ1) is 16.2. The number of ether oxygens (including phenoxy) is 2. The van der Waals surface area contributed by atoms with Gasteiger partial charge >= 0.3 is 12.1 Å². The molecule has 0 unspecified atom stereocenters. The first-order valence-corrected chi connectivity index (χ1v) is 5.78. The summed E-state index contributed by atoms with van der Waals surface area (Å²) in [6.07, 6.45) is -4.00. The highest BCUT2D eigenvalue weighted by molar-refractivity contribution is 5.89. The fraction of sp³-hybridized carbons (Fsp3) is 0.500. The van der Waals surface area contributed by atoms with Crippen LogP contribution in [0.25, 0.3) is 0 Å². The Morgan fingerprint density at radius 2 is 2.05 bits per heavy atom. The average molecular weight is 292 g/mol. The molecular formula is C12H15F3N2O3. The predicted molar refractivity (Wildman–Crippen MR) is 64.5 cm³/mol. The molecule has 8 heteroatoms.